The molecule has 0 spiro atoms. The summed E-state index contributed by atoms with van der Waals surface area (Å²) < 4.78 is 4.92. The second kappa shape index (κ2) is 6.26. The molecular formula is C14H24N2O3. The molecule has 5 nitrogen and oxygen atoms in total. The van der Waals surface area contributed by atoms with E-state index in [-0.39, 0.29) is 18.0 Å². The van der Waals surface area contributed by atoms with E-state index in [0.29, 0.717) is 19.1 Å². The maximum atomic E-state index is 11.6. The standard InChI is InChI=1S/C14H24N2O3/c1-3-19-14(18)15-13-7-12(6-11-4-5-11)8-16(9-13)10(2)17/h11-13H,3-9H2,1-2H3,(H,15,18). The lowest BCUT2D eigenvalue weighted by molar-refractivity contribution is -0.131. The van der Waals surface area contributed by atoms with Gasteiger partial charge in [0.25, 0.3) is 0 Å². The Kier molecular flexibility index (Phi) is 4.66. The first-order valence-electron chi connectivity index (χ1n) is 7.27. The van der Waals surface area contributed by atoms with Gasteiger partial charge >= 0.3 is 6.09 Å². The minimum atomic E-state index is -0.372. The summed E-state index contributed by atoms with van der Waals surface area (Å²) in [5.74, 6) is 1.45. The number of piperidine rings is 1. The third kappa shape index (κ3) is 4.40. The highest BCUT2D eigenvalue weighted by Gasteiger charge is 2.33. The van der Waals surface area contributed by atoms with Gasteiger partial charge in [0.2, 0.25) is 5.91 Å². The van der Waals surface area contributed by atoms with Crippen LogP contribution in [0.2, 0.25) is 0 Å². The Morgan fingerprint density at radius 3 is 2.58 bits per heavy atom. The van der Waals surface area contributed by atoms with E-state index in [2.05, 4.69) is 5.32 Å². The zero-order valence-electron chi connectivity index (χ0n) is 11.9. The number of rotatable bonds is 4. The van der Waals surface area contributed by atoms with Gasteiger partial charge in [-0.05, 0) is 31.6 Å². The van der Waals surface area contributed by atoms with Gasteiger partial charge in [-0.1, -0.05) is 12.8 Å². The first-order chi connectivity index (χ1) is 9.08. The maximum Gasteiger partial charge on any atom is 0.407 e. The van der Waals surface area contributed by atoms with E-state index in [1.807, 2.05) is 4.90 Å². The average molecular weight is 268 g/mol. The minimum Gasteiger partial charge on any atom is -0.450 e. The van der Waals surface area contributed by atoms with Gasteiger partial charge in [-0.15, -0.1) is 0 Å². The van der Waals surface area contributed by atoms with Gasteiger partial charge in [-0.2, -0.15) is 0 Å². The molecule has 1 saturated carbocycles. The number of alkyl carbamates (subject to hydrolysis) is 1. The van der Waals surface area contributed by atoms with Crippen LogP contribution < -0.4 is 5.32 Å². The first-order valence-corrected chi connectivity index (χ1v) is 7.27. The SMILES string of the molecule is CCOC(=O)NC1CC(CC2CC2)CN(C(C)=O)C1. The van der Waals surface area contributed by atoms with Gasteiger partial charge in [0.15, 0.2) is 0 Å². The van der Waals surface area contributed by atoms with Crippen molar-refractivity contribution < 1.29 is 14.3 Å². The Morgan fingerprint density at radius 1 is 1.26 bits per heavy atom. The summed E-state index contributed by atoms with van der Waals surface area (Å²) in [6, 6.07) is 0.0282. The number of hydrogen-bond donors (Lipinski definition) is 1. The molecule has 0 bridgehead atoms. The molecule has 1 aliphatic heterocycles. The number of ether oxygens (including phenoxy) is 1. The van der Waals surface area contributed by atoms with Crippen LogP contribution >= 0.6 is 0 Å². The Bertz CT molecular complexity index is 342. The Morgan fingerprint density at radius 2 is 2.00 bits per heavy atom. The summed E-state index contributed by atoms with van der Waals surface area (Å²) in [6.07, 6.45) is 4.42. The molecule has 0 aromatic rings. The molecule has 2 aliphatic rings. The van der Waals surface area contributed by atoms with Crippen molar-refractivity contribution in [2.24, 2.45) is 11.8 Å². The van der Waals surface area contributed by atoms with Gasteiger partial charge < -0.3 is 15.0 Å². The summed E-state index contributed by atoms with van der Waals surface area (Å²) in [5, 5.41) is 2.87. The maximum absolute atomic E-state index is 11.6. The Labute approximate surface area is 114 Å². The van der Waals surface area contributed by atoms with Crippen LogP contribution in [0.5, 0.6) is 0 Å². The molecular weight excluding hydrogens is 244 g/mol. The molecule has 2 fully saturated rings. The average Bonchev–Trinajstić information content (AvgIpc) is 3.12. The molecule has 0 radical (unpaired) electrons. The van der Waals surface area contributed by atoms with Gasteiger partial charge in [-0.25, -0.2) is 4.79 Å². The second-order valence-corrected chi connectivity index (χ2v) is 5.77. The smallest absolute Gasteiger partial charge is 0.407 e. The third-order valence-electron chi connectivity index (χ3n) is 3.94. The van der Waals surface area contributed by atoms with Crippen LogP contribution in [0.25, 0.3) is 0 Å². The fraction of sp³-hybridized carbons (Fsp3) is 0.857. The molecule has 1 aliphatic carbocycles. The van der Waals surface area contributed by atoms with Crippen LogP contribution in [0.15, 0.2) is 0 Å². The largest absolute Gasteiger partial charge is 0.450 e. The van der Waals surface area contributed by atoms with Crippen molar-refractivity contribution in [2.45, 2.75) is 45.6 Å². The van der Waals surface area contributed by atoms with Crippen LogP contribution in [0.1, 0.15) is 39.5 Å². The van der Waals surface area contributed by atoms with Gasteiger partial charge in [0.05, 0.1) is 12.6 Å². The number of hydrogen-bond acceptors (Lipinski definition) is 3. The van der Waals surface area contributed by atoms with Crippen molar-refractivity contribution >= 4 is 12.0 Å². The summed E-state index contributed by atoms with van der Waals surface area (Å²) in [6.45, 7) is 5.21. The summed E-state index contributed by atoms with van der Waals surface area (Å²) in [7, 11) is 0. The zero-order chi connectivity index (χ0) is 13.8. The van der Waals surface area contributed by atoms with Crippen LogP contribution in [0.3, 0.4) is 0 Å². The molecule has 2 rings (SSSR count). The minimum absolute atomic E-state index is 0.0282. The van der Waals surface area contributed by atoms with E-state index in [1.165, 1.54) is 19.3 Å². The monoisotopic (exact) mass is 268 g/mol. The zero-order valence-corrected chi connectivity index (χ0v) is 11.9. The fourth-order valence-electron chi connectivity index (χ4n) is 2.90. The van der Waals surface area contributed by atoms with Crippen molar-refractivity contribution in [3.05, 3.63) is 0 Å². The predicted molar refractivity (Wildman–Crippen MR) is 71.6 cm³/mol. The van der Waals surface area contributed by atoms with Gasteiger partial charge in [-0.3, -0.25) is 4.79 Å². The van der Waals surface area contributed by atoms with E-state index >= 15 is 0 Å². The van der Waals surface area contributed by atoms with Crippen LogP contribution in [-0.2, 0) is 9.53 Å². The van der Waals surface area contributed by atoms with E-state index in [9.17, 15) is 9.59 Å². The van der Waals surface area contributed by atoms with Gasteiger partial charge in [0, 0.05) is 20.0 Å². The van der Waals surface area contributed by atoms with Crippen LogP contribution in [0.4, 0.5) is 4.79 Å². The van der Waals surface area contributed by atoms with Gasteiger partial charge in [0.1, 0.15) is 0 Å². The lowest BCUT2D eigenvalue weighted by Crippen LogP contribution is -2.52. The number of carbonyl (C=O) groups excluding carboxylic acids is 2. The first kappa shape index (κ1) is 14.2. The second-order valence-electron chi connectivity index (χ2n) is 5.77. The van der Waals surface area contributed by atoms with Crippen LogP contribution in [0, 0.1) is 11.8 Å². The molecule has 1 saturated heterocycles. The summed E-state index contributed by atoms with van der Waals surface area (Å²) in [4.78, 5) is 24.9. The van der Waals surface area contributed by atoms with Crippen molar-refractivity contribution in [2.75, 3.05) is 19.7 Å². The van der Waals surface area contributed by atoms with Crippen molar-refractivity contribution in [3.8, 4) is 0 Å². The molecule has 1 heterocycles. The lowest BCUT2D eigenvalue weighted by atomic mass is 9.89. The van der Waals surface area contributed by atoms with Crippen molar-refractivity contribution in [1.29, 1.82) is 0 Å². The lowest BCUT2D eigenvalue weighted by Gasteiger charge is -2.37. The molecule has 0 aromatic carbocycles. The number of likely N-dealkylation sites (tertiary alicyclic amines) is 1. The highest BCUT2D eigenvalue weighted by molar-refractivity contribution is 5.73. The molecule has 5 heteroatoms. The molecule has 2 atom stereocenters. The highest BCUT2D eigenvalue weighted by atomic mass is 16.5. The topological polar surface area (TPSA) is 58.6 Å². The fourth-order valence-corrected chi connectivity index (χ4v) is 2.90. The van der Waals surface area contributed by atoms with Crippen molar-refractivity contribution in [1.82, 2.24) is 10.2 Å². The third-order valence-corrected chi connectivity index (χ3v) is 3.94. The number of nitrogens with zero attached hydrogens (tertiary/aromatic N) is 1. The normalized spacial score (nSPS) is 26.9. The molecule has 1 N–H and O–H groups in total. The van der Waals surface area contributed by atoms with Crippen molar-refractivity contribution in [3.63, 3.8) is 0 Å². The number of carbonyl (C=O) groups is 2. The highest BCUT2D eigenvalue weighted by Crippen LogP contribution is 2.37. The summed E-state index contributed by atoms with van der Waals surface area (Å²) >= 11 is 0. The van der Waals surface area contributed by atoms with Crippen LogP contribution in [-0.4, -0.2) is 42.6 Å². The van der Waals surface area contributed by atoms with E-state index in [1.54, 1.807) is 13.8 Å². The quantitative estimate of drug-likeness (QED) is 0.845. The Hall–Kier alpha value is -1.26. The van der Waals surface area contributed by atoms with E-state index < -0.39 is 0 Å². The number of amides is 2. The summed E-state index contributed by atoms with van der Waals surface area (Å²) in [5.41, 5.74) is 0. The molecule has 2 amide bonds. The van der Waals surface area contributed by atoms with E-state index in [4.69, 9.17) is 4.74 Å². The van der Waals surface area contributed by atoms with E-state index in [0.717, 1.165) is 18.9 Å². The molecule has 2 unspecified atom stereocenters. The molecule has 108 valence electrons. The molecule has 0 aromatic heterocycles. The number of nitrogens with one attached hydrogen (secondary N) is 1. The predicted octanol–water partition coefficient (Wildman–Crippen LogP) is 1.77. The molecule has 19 heavy (non-hydrogen) atoms. The Balaban J connectivity index is 1.89.